The zero-order valence-corrected chi connectivity index (χ0v) is 12.1. The largest absolute Gasteiger partial charge is 0.379 e. The van der Waals surface area contributed by atoms with Gasteiger partial charge in [0.2, 0.25) is 0 Å². The summed E-state index contributed by atoms with van der Waals surface area (Å²) in [6.45, 7) is 10.2. The van der Waals surface area contributed by atoms with Gasteiger partial charge in [-0.2, -0.15) is 0 Å². The van der Waals surface area contributed by atoms with Gasteiger partial charge in [0.25, 0.3) is 0 Å². The lowest BCUT2D eigenvalue weighted by Gasteiger charge is -2.27. The number of aryl methyl sites for hydroxylation is 1. The topological polar surface area (TPSA) is 37.4 Å². The van der Waals surface area contributed by atoms with Crippen molar-refractivity contribution in [3.63, 3.8) is 0 Å². The van der Waals surface area contributed by atoms with Gasteiger partial charge in [-0.1, -0.05) is 6.07 Å². The van der Waals surface area contributed by atoms with Crippen LogP contribution in [0.5, 0.6) is 0 Å². The highest BCUT2D eigenvalue weighted by Gasteiger charge is 2.11. The first-order valence-corrected chi connectivity index (χ1v) is 7.19. The van der Waals surface area contributed by atoms with Gasteiger partial charge in [0.05, 0.1) is 18.9 Å². The summed E-state index contributed by atoms with van der Waals surface area (Å²) in [6, 6.07) is 4.73. The molecule has 1 unspecified atom stereocenters. The third kappa shape index (κ3) is 5.27. The highest BCUT2D eigenvalue weighted by molar-refractivity contribution is 5.11. The number of hydrogen-bond donors (Lipinski definition) is 1. The van der Waals surface area contributed by atoms with Crippen LogP contribution in [0.15, 0.2) is 18.3 Å². The van der Waals surface area contributed by atoms with E-state index < -0.39 is 0 Å². The molecule has 2 rings (SSSR count). The summed E-state index contributed by atoms with van der Waals surface area (Å²) in [6.07, 6.45) is 3.10. The fraction of sp³-hybridized carbons (Fsp3) is 0.667. The van der Waals surface area contributed by atoms with E-state index in [1.165, 1.54) is 12.0 Å². The second-order valence-electron chi connectivity index (χ2n) is 5.35. The average Bonchev–Trinajstić information content (AvgIpc) is 2.45. The molecule has 1 aliphatic rings. The lowest BCUT2D eigenvalue weighted by molar-refractivity contribution is 0.0363. The molecule has 0 bridgehead atoms. The van der Waals surface area contributed by atoms with E-state index in [9.17, 15) is 0 Å². The fourth-order valence-corrected chi connectivity index (χ4v) is 2.18. The zero-order chi connectivity index (χ0) is 13.5. The van der Waals surface area contributed by atoms with E-state index in [4.69, 9.17) is 4.74 Å². The number of nitrogens with one attached hydrogen (secondary N) is 1. The highest BCUT2D eigenvalue weighted by atomic mass is 16.5. The second kappa shape index (κ2) is 7.58. The van der Waals surface area contributed by atoms with Crippen LogP contribution in [0.3, 0.4) is 0 Å². The van der Waals surface area contributed by atoms with E-state index in [2.05, 4.69) is 41.2 Å². The van der Waals surface area contributed by atoms with Gasteiger partial charge < -0.3 is 10.1 Å². The Morgan fingerprint density at radius 2 is 2.16 bits per heavy atom. The van der Waals surface area contributed by atoms with Gasteiger partial charge in [-0.3, -0.25) is 9.88 Å². The van der Waals surface area contributed by atoms with Crippen LogP contribution in [0, 0.1) is 6.92 Å². The minimum absolute atomic E-state index is 0.519. The summed E-state index contributed by atoms with van der Waals surface area (Å²) in [4.78, 5) is 6.89. The quantitative estimate of drug-likeness (QED) is 0.846. The van der Waals surface area contributed by atoms with Crippen LogP contribution in [0.4, 0.5) is 0 Å². The molecule has 1 aromatic rings. The Bertz CT molecular complexity index is 360. The minimum atomic E-state index is 0.519. The molecule has 1 aliphatic heterocycles. The minimum Gasteiger partial charge on any atom is -0.379 e. The van der Waals surface area contributed by atoms with E-state index in [0.717, 1.165) is 45.1 Å². The fourth-order valence-electron chi connectivity index (χ4n) is 2.18. The predicted molar refractivity (Wildman–Crippen MR) is 77.2 cm³/mol. The molecule has 0 aromatic carbocycles. The molecule has 2 heterocycles. The van der Waals surface area contributed by atoms with E-state index in [1.54, 1.807) is 0 Å². The van der Waals surface area contributed by atoms with Crippen molar-refractivity contribution in [3.8, 4) is 0 Å². The van der Waals surface area contributed by atoms with Crippen LogP contribution in [-0.4, -0.2) is 48.8 Å². The average molecular weight is 263 g/mol. The molecular weight excluding hydrogens is 238 g/mol. The van der Waals surface area contributed by atoms with Crippen molar-refractivity contribution in [2.24, 2.45) is 0 Å². The Labute approximate surface area is 116 Å². The Hall–Kier alpha value is -0.970. The van der Waals surface area contributed by atoms with Crippen LogP contribution in [0.1, 0.15) is 24.6 Å². The molecule has 1 atom stereocenters. The lowest BCUT2D eigenvalue weighted by Crippen LogP contribution is -2.39. The molecular formula is C15H25N3O. The Morgan fingerprint density at radius 3 is 2.84 bits per heavy atom. The van der Waals surface area contributed by atoms with Crippen molar-refractivity contribution in [2.75, 3.05) is 32.8 Å². The standard InChI is InChI=1S/C15H25N3O/c1-13-3-4-15(17-11-13)12-16-14(2)5-6-18-7-9-19-10-8-18/h3-4,11,14,16H,5-10,12H2,1-2H3. The van der Waals surface area contributed by atoms with Gasteiger partial charge in [-0.15, -0.1) is 0 Å². The maximum Gasteiger partial charge on any atom is 0.0594 e. The zero-order valence-electron chi connectivity index (χ0n) is 12.1. The maximum atomic E-state index is 5.36. The van der Waals surface area contributed by atoms with Crippen LogP contribution in [-0.2, 0) is 11.3 Å². The summed E-state index contributed by atoms with van der Waals surface area (Å²) < 4.78 is 5.36. The van der Waals surface area contributed by atoms with Crippen LogP contribution >= 0.6 is 0 Å². The number of ether oxygens (including phenoxy) is 1. The Balaban J connectivity index is 1.63. The molecule has 0 spiro atoms. The van der Waals surface area contributed by atoms with Crippen molar-refractivity contribution in [2.45, 2.75) is 32.9 Å². The molecule has 106 valence electrons. The van der Waals surface area contributed by atoms with Crippen molar-refractivity contribution >= 4 is 0 Å². The summed E-state index contributed by atoms with van der Waals surface area (Å²) in [5, 5.41) is 3.54. The molecule has 0 aliphatic carbocycles. The molecule has 4 heteroatoms. The summed E-state index contributed by atoms with van der Waals surface area (Å²) in [5.41, 5.74) is 2.33. The van der Waals surface area contributed by atoms with Crippen molar-refractivity contribution in [3.05, 3.63) is 29.6 Å². The molecule has 1 aromatic heterocycles. The molecule has 0 radical (unpaired) electrons. The first-order chi connectivity index (χ1) is 9.24. The number of aromatic nitrogens is 1. The van der Waals surface area contributed by atoms with Crippen LogP contribution in [0.2, 0.25) is 0 Å². The molecule has 4 nitrogen and oxygen atoms in total. The summed E-state index contributed by atoms with van der Waals surface area (Å²) in [7, 11) is 0. The number of pyridine rings is 1. The van der Waals surface area contributed by atoms with Gasteiger partial charge in [0.15, 0.2) is 0 Å². The summed E-state index contributed by atoms with van der Waals surface area (Å²) >= 11 is 0. The Morgan fingerprint density at radius 1 is 1.37 bits per heavy atom. The monoisotopic (exact) mass is 263 g/mol. The molecule has 1 fully saturated rings. The third-order valence-corrected chi connectivity index (χ3v) is 3.59. The molecule has 19 heavy (non-hydrogen) atoms. The first-order valence-electron chi connectivity index (χ1n) is 7.19. The van der Waals surface area contributed by atoms with E-state index in [1.807, 2.05) is 6.20 Å². The van der Waals surface area contributed by atoms with Gasteiger partial charge in [0.1, 0.15) is 0 Å². The van der Waals surface area contributed by atoms with Crippen molar-refractivity contribution < 1.29 is 4.74 Å². The normalized spacial score (nSPS) is 18.4. The van der Waals surface area contributed by atoms with Gasteiger partial charge in [-0.05, 0) is 38.4 Å². The van der Waals surface area contributed by atoms with Gasteiger partial charge in [-0.25, -0.2) is 0 Å². The number of morpholine rings is 1. The van der Waals surface area contributed by atoms with Crippen molar-refractivity contribution in [1.82, 2.24) is 15.2 Å². The number of nitrogens with zero attached hydrogens (tertiary/aromatic N) is 2. The third-order valence-electron chi connectivity index (χ3n) is 3.59. The number of hydrogen-bond acceptors (Lipinski definition) is 4. The maximum absolute atomic E-state index is 5.36. The van der Waals surface area contributed by atoms with E-state index in [0.29, 0.717) is 6.04 Å². The van der Waals surface area contributed by atoms with Gasteiger partial charge in [0, 0.05) is 31.9 Å². The summed E-state index contributed by atoms with van der Waals surface area (Å²) in [5.74, 6) is 0. The van der Waals surface area contributed by atoms with E-state index >= 15 is 0 Å². The van der Waals surface area contributed by atoms with Crippen LogP contribution < -0.4 is 5.32 Å². The number of rotatable bonds is 6. The molecule has 0 amide bonds. The Kier molecular flexibility index (Phi) is 5.76. The van der Waals surface area contributed by atoms with E-state index in [-0.39, 0.29) is 0 Å². The molecule has 1 saturated heterocycles. The van der Waals surface area contributed by atoms with Crippen molar-refractivity contribution in [1.29, 1.82) is 0 Å². The van der Waals surface area contributed by atoms with Crippen LogP contribution in [0.25, 0.3) is 0 Å². The molecule has 1 N–H and O–H groups in total. The SMILES string of the molecule is Cc1ccc(CNC(C)CCN2CCOCC2)nc1. The first kappa shape index (κ1) is 14.4. The molecule has 0 saturated carbocycles. The van der Waals surface area contributed by atoms with Gasteiger partial charge >= 0.3 is 0 Å². The lowest BCUT2D eigenvalue weighted by atomic mass is 10.2. The second-order valence-corrected chi connectivity index (χ2v) is 5.35. The smallest absolute Gasteiger partial charge is 0.0594 e. The highest BCUT2D eigenvalue weighted by Crippen LogP contribution is 2.02. The predicted octanol–water partition coefficient (Wildman–Crippen LogP) is 1.59.